The van der Waals surface area contributed by atoms with E-state index < -0.39 is 0 Å². The minimum Gasteiger partial charge on any atom is -0.497 e. The highest BCUT2D eigenvalue weighted by atomic mass is 79.9. The van der Waals surface area contributed by atoms with Gasteiger partial charge in [0.25, 0.3) is 0 Å². The normalized spacial score (nSPS) is 19.3. The highest BCUT2D eigenvalue weighted by molar-refractivity contribution is 9.10. The first kappa shape index (κ1) is 13.4. The summed E-state index contributed by atoms with van der Waals surface area (Å²) in [6.45, 7) is 0.917. The number of carbonyl (C=O) groups is 1. The molecule has 4 nitrogen and oxygen atoms in total. The van der Waals surface area contributed by atoms with E-state index in [1.807, 2.05) is 18.2 Å². The van der Waals surface area contributed by atoms with E-state index in [1.54, 1.807) is 7.11 Å². The molecule has 1 aromatic carbocycles. The summed E-state index contributed by atoms with van der Waals surface area (Å²) in [4.78, 5) is 12.0. The molecular formula is C13H17BrN2O2. The summed E-state index contributed by atoms with van der Waals surface area (Å²) >= 11 is 3.39. The number of carbonyl (C=O) groups excluding carboxylic acids is 1. The third-order valence-electron chi connectivity index (χ3n) is 3.00. The zero-order valence-corrected chi connectivity index (χ0v) is 11.9. The van der Waals surface area contributed by atoms with Crippen LogP contribution in [0.25, 0.3) is 0 Å². The number of halogens is 1. The lowest BCUT2D eigenvalue weighted by Crippen LogP contribution is -2.43. The first-order valence-corrected chi connectivity index (χ1v) is 6.87. The molecule has 1 aromatic rings. The zero-order chi connectivity index (χ0) is 13.0. The summed E-state index contributed by atoms with van der Waals surface area (Å²) in [6, 6.07) is 5.45. The van der Waals surface area contributed by atoms with Gasteiger partial charge in [0.2, 0.25) is 5.91 Å². The van der Waals surface area contributed by atoms with Gasteiger partial charge in [0.05, 0.1) is 13.2 Å². The van der Waals surface area contributed by atoms with Gasteiger partial charge in [0.1, 0.15) is 5.75 Å². The van der Waals surface area contributed by atoms with E-state index in [1.165, 1.54) is 0 Å². The van der Waals surface area contributed by atoms with Crippen molar-refractivity contribution in [3.05, 3.63) is 22.7 Å². The van der Waals surface area contributed by atoms with Gasteiger partial charge in [-0.25, -0.2) is 0 Å². The molecule has 1 atom stereocenters. The molecule has 1 saturated heterocycles. The van der Waals surface area contributed by atoms with E-state index in [0.29, 0.717) is 0 Å². The molecule has 18 heavy (non-hydrogen) atoms. The fourth-order valence-electron chi connectivity index (χ4n) is 2.06. The van der Waals surface area contributed by atoms with Crippen LogP contribution in [0.3, 0.4) is 0 Å². The van der Waals surface area contributed by atoms with Gasteiger partial charge >= 0.3 is 0 Å². The molecule has 1 unspecified atom stereocenters. The predicted molar refractivity (Wildman–Crippen MR) is 75.0 cm³/mol. The van der Waals surface area contributed by atoms with Crippen LogP contribution in [-0.4, -0.2) is 25.6 Å². The summed E-state index contributed by atoms with van der Waals surface area (Å²) in [5.41, 5.74) is 0.749. The SMILES string of the molecule is COc1cc(Br)cc(NC(=O)C2CCCCN2)c1. The van der Waals surface area contributed by atoms with Crippen molar-refractivity contribution in [3.8, 4) is 5.75 Å². The molecular weight excluding hydrogens is 296 g/mol. The van der Waals surface area contributed by atoms with Crippen LogP contribution in [0.2, 0.25) is 0 Å². The van der Waals surface area contributed by atoms with Crippen molar-refractivity contribution in [3.63, 3.8) is 0 Å². The van der Waals surface area contributed by atoms with Crippen molar-refractivity contribution in [2.45, 2.75) is 25.3 Å². The Balaban J connectivity index is 2.03. The molecule has 98 valence electrons. The molecule has 0 saturated carbocycles. The third kappa shape index (κ3) is 3.46. The van der Waals surface area contributed by atoms with Crippen molar-refractivity contribution in [1.29, 1.82) is 0 Å². The molecule has 1 aliphatic rings. The largest absolute Gasteiger partial charge is 0.497 e. The lowest BCUT2D eigenvalue weighted by molar-refractivity contribution is -0.118. The van der Waals surface area contributed by atoms with Crippen LogP contribution in [0.5, 0.6) is 5.75 Å². The maximum absolute atomic E-state index is 12.0. The Kier molecular flexibility index (Phi) is 4.60. The van der Waals surface area contributed by atoms with Crippen LogP contribution >= 0.6 is 15.9 Å². The molecule has 1 amide bonds. The summed E-state index contributed by atoms with van der Waals surface area (Å²) in [6.07, 6.45) is 3.15. The molecule has 0 radical (unpaired) electrons. The van der Waals surface area contributed by atoms with Crippen LogP contribution in [0.1, 0.15) is 19.3 Å². The number of ether oxygens (including phenoxy) is 1. The molecule has 2 N–H and O–H groups in total. The number of hydrogen-bond acceptors (Lipinski definition) is 3. The van der Waals surface area contributed by atoms with E-state index >= 15 is 0 Å². The Morgan fingerprint density at radius 2 is 2.28 bits per heavy atom. The number of hydrogen-bond donors (Lipinski definition) is 2. The van der Waals surface area contributed by atoms with Crippen LogP contribution in [0.4, 0.5) is 5.69 Å². The number of nitrogens with one attached hydrogen (secondary N) is 2. The first-order valence-electron chi connectivity index (χ1n) is 6.08. The van der Waals surface area contributed by atoms with E-state index in [-0.39, 0.29) is 11.9 Å². The van der Waals surface area contributed by atoms with Gasteiger partial charge < -0.3 is 15.4 Å². The smallest absolute Gasteiger partial charge is 0.241 e. The van der Waals surface area contributed by atoms with E-state index in [2.05, 4.69) is 26.6 Å². The topological polar surface area (TPSA) is 50.4 Å². The summed E-state index contributed by atoms with van der Waals surface area (Å²) in [5.74, 6) is 0.742. The lowest BCUT2D eigenvalue weighted by Gasteiger charge is -2.22. The quantitative estimate of drug-likeness (QED) is 0.901. The highest BCUT2D eigenvalue weighted by Gasteiger charge is 2.20. The van der Waals surface area contributed by atoms with Gasteiger partial charge in [-0.1, -0.05) is 22.4 Å². The number of amides is 1. The van der Waals surface area contributed by atoms with Crippen LogP contribution in [0.15, 0.2) is 22.7 Å². The monoisotopic (exact) mass is 312 g/mol. The molecule has 1 aliphatic heterocycles. The van der Waals surface area contributed by atoms with Gasteiger partial charge in [-0.2, -0.15) is 0 Å². The molecule has 0 bridgehead atoms. The zero-order valence-electron chi connectivity index (χ0n) is 10.3. The molecule has 5 heteroatoms. The number of piperidine rings is 1. The summed E-state index contributed by atoms with van der Waals surface area (Å²) in [5, 5.41) is 6.14. The van der Waals surface area contributed by atoms with Crippen molar-refractivity contribution >= 4 is 27.5 Å². The Morgan fingerprint density at radius 3 is 2.94 bits per heavy atom. The van der Waals surface area contributed by atoms with Crippen molar-refractivity contribution in [2.75, 3.05) is 19.0 Å². The second-order valence-corrected chi connectivity index (χ2v) is 5.29. The van der Waals surface area contributed by atoms with Gasteiger partial charge in [-0.3, -0.25) is 4.79 Å². The molecule has 1 fully saturated rings. The van der Waals surface area contributed by atoms with Crippen molar-refractivity contribution in [2.24, 2.45) is 0 Å². The Hall–Kier alpha value is -1.07. The van der Waals surface area contributed by atoms with Gasteiger partial charge in [-0.05, 0) is 31.5 Å². The summed E-state index contributed by atoms with van der Waals surface area (Å²) < 4.78 is 6.05. The fraction of sp³-hybridized carbons (Fsp3) is 0.462. The van der Waals surface area contributed by atoms with E-state index in [4.69, 9.17) is 4.74 Å². The van der Waals surface area contributed by atoms with Gasteiger partial charge in [-0.15, -0.1) is 0 Å². The third-order valence-corrected chi connectivity index (χ3v) is 3.46. The Labute approximate surface area is 115 Å². The van der Waals surface area contributed by atoms with Crippen LogP contribution < -0.4 is 15.4 Å². The number of benzene rings is 1. The minimum absolute atomic E-state index is 0.0230. The maximum Gasteiger partial charge on any atom is 0.241 e. The first-order chi connectivity index (χ1) is 8.69. The van der Waals surface area contributed by atoms with E-state index in [9.17, 15) is 4.79 Å². The second kappa shape index (κ2) is 6.20. The highest BCUT2D eigenvalue weighted by Crippen LogP contribution is 2.24. The molecule has 2 rings (SSSR count). The average Bonchev–Trinajstić information content (AvgIpc) is 2.39. The predicted octanol–water partition coefficient (Wildman–Crippen LogP) is 2.54. The lowest BCUT2D eigenvalue weighted by atomic mass is 10.0. The molecule has 0 aromatic heterocycles. The van der Waals surface area contributed by atoms with Crippen molar-refractivity contribution in [1.82, 2.24) is 5.32 Å². The molecule has 0 aliphatic carbocycles. The average molecular weight is 313 g/mol. The van der Waals surface area contributed by atoms with Crippen LogP contribution in [0, 0.1) is 0 Å². The molecule has 1 heterocycles. The molecule has 0 spiro atoms. The van der Waals surface area contributed by atoms with Gasteiger partial charge in [0.15, 0.2) is 0 Å². The van der Waals surface area contributed by atoms with Gasteiger partial charge in [0, 0.05) is 16.2 Å². The minimum atomic E-state index is -0.0799. The second-order valence-electron chi connectivity index (χ2n) is 4.37. The number of anilines is 1. The Bertz CT molecular complexity index is 431. The maximum atomic E-state index is 12.0. The van der Waals surface area contributed by atoms with Crippen LogP contribution in [-0.2, 0) is 4.79 Å². The van der Waals surface area contributed by atoms with Crippen molar-refractivity contribution < 1.29 is 9.53 Å². The standard InChI is InChI=1S/C13H17BrN2O2/c1-18-11-7-9(14)6-10(8-11)16-13(17)12-4-2-3-5-15-12/h6-8,12,15H,2-5H2,1H3,(H,16,17). The Morgan fingerprint density at radius 1 is 1.44 bits per heavy atom. The fourth-order valence-corrected chi connectivity index (χ4v) is 2.53. The number of methoxy groups -OCH3 is 1. The van der Waals surface area contributed by atoms with E-state index in [0.717, 1.165) is 41.7 Å². The summed E-state index contributed by atoms with van der Waals surface area (Å²) in [7, 11) is 1.61. The number of rotatable bonds is 3.